The second-order valence-corrected chi connectivity index (χ2v) is 6.08. The fraction of sp³-hybridized carbons (Fsp3) is 0.455. The van der Waals surface area contributed by atoms with Crippen LogP contribution in [-0.4, -0.2) is 31.1 Å². The summed E-state index contributed by atoms with van der Waals surface area (Å²) in [4.78, 5) is 17.1. The van der Waals surface area contributed by atoms with Crippen LogP contribution in [-0.2, 0) is 15.0 Å². The third-order valence-electron chi connectivity index (χ3n) is 2.93. The van der Waals surface area contributed by atoms with E-state index in [2.05, 4.69) is 4.98 Å². The number of nitrogens with zero attached hydrogens (tertiary/aromatic N) is 2. The Hall–Kier alpha value is -1.50. The SMILES string of the molecule is Cc1cnc(N2CC(S(=O)(=O)F)CC2=O)c(C)c1. The van der Waals surface area contributed by atoms with Crippen LogP contribution in [0.15, 0.2) is 12.3 Å². The summed E-state index contributed by atoms with van der Waals surface area (Å²) in [5.74, 6) is -0.0163. The number of hydrogen-bond acceptors (Lipinski definition) is 4. The third-order valence-corrected chi connectivity index (χ3v) is 4.04. The number of pyridine rings is 1. The molecule has 2 rings (SSSR count). The van der Waals surface area contributed by atoms with Gasteiger partial charge in [0.05, 0.1) is 0 Å². The lowest BCUT2D eigenvalue weighted by Crippen LogP contribution is -2.28. The van der Waals surface area contributed by atoms with Crippen molar-refractivity contribution in [3.05, 3.63) is 23.4 Å². The van der Waals surface area contributed by atoms with Crippen molar-refractivity contribution < 1.29 is 17.1 Å². The topological polar surface area (TPSA) is 67.3 Å². The van der Waals surface area contributed by atoms with Crippen molar-refractivity contribution in [3.8, 4) is 0 Å². The van der Waals surface area contributed by atoms with Crippen molar-refractivity contribution in [3.63, 3.8) is 0 Å². The van der Waals surface area contributed by atoms with Gasteiger partial charge in [-0.15, -0.1) is 3.89 Å². The van der Waals surface area contributed by atoms with Crippen LogP contribution in [0.25, 0.3) is 0 Å². The molecule has 0 radical (unpaired) electrons. The quantitative estimate of drug-likeness (QED) is 0.756. The van der Waals surface area contributed by atoms with Gasteiger partial charge in [-0.25, -0.2) is 4.98 Å². The first-order chi connectivity index (χ1) is 8.29. The molecule has 0 saturated carbocycles. The van der Waals surface area contributed by atoms with Gasteiger partial charge in [0.25, 0.3) is 0 Å². The molecule has 1 amide bonds. The molecule has 0 bridgehead atoms. The van der Waals surface area contributed by atoms with Gasteiger partial charge in [-0.3, -0.25) is 9.69 Å². The molecule has 0 aliphatic carbocycles. The van der Waals surface area contributed by atoms with Gasteiger partial charge < -0.3 is 0 Å². The van der Waals surface area contributed by atoms with E-state index in [-0.39, 0.29) is 13.0 Å². The molecule has 1 atom stereocenters. The van der Waals surface area contributed by atoms with Crippen molar-refractivity contribution in [2.45, 2.75) is 25.5 Å². The summed E-state index contributed by atoms with van der Waals surface area (Å²) in [6.45, 7) is 3.47. The largest absolute Gasteiger partial charge is 0.307 e. The predicted octanol–water partition coefficient (Wildman–Crippen LogP) is 1.10. The number of hydrogen-bond donors (Lipinski definition) is 0. The number of carbonyl (C=O) groups excluding carboxylic acids is 1. The number of amides is 1. The van der Waals surface area contributed by atoms with Crippen molar-refractivity contribution in [2.75, 3.05) is 11.4 Å². The van der Waals surface area contributed by atoms with Gasteiger partial charge in [-0.05, 0) is 25.0 Å². The van der Waals surface area contributed by atoms with Gasteiger partial charge >= 0.3 is 10.2 Å². The Labute approximate surface area is 105 Å². The maximum Gasteiger partial charge on any atom is 0.307 e. The smallest absolute Gasteiger partial charge is 0.295 e. The first-order valence-electron chi connectivity index (χ1n) is 5.46. The van der Waals surface area contributed by atoms with Crippen LogP contribution in [0, 0.1) is 13.8 Å². The zero-order valence-corrected chi connectivity index (χ0v) is 10.9. The molecule has 1 fully saturated rings. The van der Waals surface area contributed by atoms with Crippen molar-refractivity contribution in [1.29, 1.82) is 0 Å². The number of aryl methyl sites for hydroxylation is 2. The second-order valence-electron chi connectivity index (χ2n) is 4.46. The highest BCUT2D eigenvalue weighted by molar-refractivity contribution is 7.87. The van der Waals surface area contributed by atoms with Gasteiger partial charge in [0.2, 0.25) is 5.91 Å². The molecule has 18 heavy (non-hydrogen) atoms. The van der Waals surface area contributed by atoms with E-state index in [0.29, 0.717) is 5.82 Å². The van der Waals surface area contributed by atoms with Crippen LogP contribution in [0.3, 0.4) is 0 Å². The highest BCUT2D eigenvalue weighted by Crippen LogP contribution is 2.26. The van der Waals surface area contributed by atoms with Crippen LogP contribution in [0.4, 0.5) is 9.70 Å². The summed E-state index contributed by atoms with van der Waals surface area (Å²) in [7, 11) is -4.69. The lowest BCUT2D eigenvalue weighted by Gasteiger charge is -2.17. The molecule has 5 nitrogen and oxygen atoms in total. The predicted molar refractivity (Wildman–Crippen MR) is 64.5 cm³/mol. The zero-order chi connectivity index (χ0) is 13.5. The van der Waals surface area contributed by atoms with Gasteiger partial charge in [-0.2, -0.15) is 8.42 Å². The Morgan fingerprint density at radius 2 is 2.11 bits per heavy atom. The molecule has 0 aromatic carbocycles. The molecule has 1 unspecified atom stereocenters. The van der Waals surface area contributed by atoms with Crippen LogP contribution in [0.2, 0.25) is 0 Å². The fourth-order valence-electron chi connectivity index (χ4n) is 2.06. The van der Waals surface area contributed by atoms with E-state index in [9.17, 15) is 17.1 Å². The van der Waals surface area contributed by atoms with E-state index in [1.807, 2.05) is 13.0 Å². The van der Waals surface area contributed by atoms with Crippen LogP contribution in [0.1, 0.15) is 17.5 Å². The lowest BCUT2D eigenvalue weighted by molar-refractivity contribution is -0.117. The normalized spacial score (nSPS) is 20.5. The summed E-state index contributed by atoms with van der Waals surface area (Å²) in [5.41, 5.74) is 1.71. The molecule has 1 aromatic heterocycles. The van der Waals surface area contributed by atoms with E-state index < -0.39 is 21.4 Å². The summed E-state index contributed by atoms with van der Waals surface area (Å²) >= 11 is 0. The number of anilines is 1. The minimum Gasteiger partial charge on any atom is -0.295 e. The molecule has 1 saturated heterocycles. The van der Waals surface area contributed by atoms with Crippen LogP contribution >= 0.6 is 0 Å². The van der Waals surface area contributed by atoms with Gasteiger partial charge in [0, 0.05) is 19.2 Å². The Kier molecular flexibility index (Phi) is 3.10. The van der Waals surface area contributed by atoms with Crippen LogP contribution < -0.4 is 4.90 Å². The minimum atomic E-state index is -4.69. The Morgan fingerprint density at radius 1 is 1.44 bits per heavy atom. The molecule has 7 heteroatoms. The molecule has 1 aliphatic rings. The average molecular weight is 272 g/mol. The molecule has 1 aromatic rings. The number of carbonyl (C=O) groups is 1. The second kappa shape index (κ2) is 4.31. The van der Waals surface area contributed by atoms with Gasteiger partial charge in [-0.1, -0.05) is 6.07 Å². The zero-order valence-electron chi connectivity index (χ0n) is 10.1. The Morgan fingerprint density at radius 3 is 2.61 bits per heavy atom. The monoisotopic (exact) mass is 272 g/mol. The molecule has 98 valence electrons. The molecule has 0 spiro atoms. The van der Waals surface area contributed by atoms with E-state index in [1.54, 1.807) is 13.1 Å². The van der Waals surface area contributed by atoms with E-state index >= 15 is 0 Å². The van der Waals surface area contributed by atoms with Crippen molar-refractivity contribution >= 4 is 21.9 Å². The highest BCUT2D eigenvalue weighted by Gasteiger charge is 2.39. The van der Waals surface area contributed by atoms with Crippen molar-refractivity contribution in [1.82, 2.24) is 4.98 Å². The lowest BCUT2D eigenvalue weighted by atomic mass is 10.2. The van der Waals surface area contributed by atoms with E-state index in [4.69, 9.17) is 0 Å². The van der Waals surface area contributed by atoms with Gasteiger partial charge in [0.15, 0.2) is 0 Å². The molecule has 0 N–H and O–H groups in total. The maximum atomic E-state index is 12.9. The van der Waals surface area contributed by atoms with E-state index in [1.165, 1.54) is 4.90 Å². The third kappa shape index (κ3) is 2.35. The number of rotatable bonds is 2. The van der Waals surface area contributed by atoms with E-state index in [0.717, 1.165) is 11.1 Å². The Balaban J connectivity index is 2.33. The fourth-order valence-corrected chi connectivity index (χ4v) is 2.73. The minimum absolute atomic E-state index is 0.172. The van der Waals surface area contributed by atoms with Crippen molar-refractivity contribution in [2.24, 2.45) is 0 Å². The summed E-state index contributed by atoms with van der Waals surface area (Å²) in [6.07, 6.45) is 1.26. The maximum absolute atomic E-state index is 12.9. The summed E-state index contributed by atoms with van der Waals surface area (Å²) in [5, 5.41) is -1.28. The number of halogens is 1. The molecule has 2 heterocycles. The first kappa shape index (κ1) is 12.9. The first-order valence-corrected chi connectivity index (χ1v) is 6.91. The summed E-state index contributed by atoms with van der Waals surface area (Å²) in [6, 6.07) is 1.84. The van der Waals surface area contributed by atoms with Crippen LogP contribution in [0.5, 0.6) is 0 Å². The Bertz CT molecular complexity index is 600. The number of aromatic nitrogens is 1. The molecule has 1 aliphatic heterocycles. The molecular formula is C11H13FN2O3S. The highest BCUT2D eigenvalue weighted by atomic mass is 32.3. The standard InChI is InChI=1S/C11H13FN2O3S/c1-7-3-8(2)11(13-5-7)14-6-9(4-10(14)15)18(12,16)17/h3,5,9H,4,6H2,1-2H3. The average Bonchev–Trinajstić information content (AvgIpc) is 2.60. The van der Waals surface area contributed by atoms with Gasteiger partial charge in [0.1, 0.15) is 11.1 Å². The summed E-state index contributed by atoms with van der Waals surface area (Å²) < 4.78 is 34.6. The molecular weight excluding hydrogens is 259 g/mol.